The van der Waals surface area contributed by atoms with Gasteiger partial charge in [-0.15, -0.1) is 10.2 Å². The Bertz CT molecular complexity index is 1260. The molecule has 2 aromatic heterocycles. The zero-order valence-corrected chi connectivity index (χ0v) is 19.3. The third kappa shape index (κ3) is 5.86. The van der Waals surface area contributed by atoms with Crippen molar-refractivity contribution >= 4 is 23.4 Å². The molecule has 11 nitrogen and oxygen atoms in total. The van der Waals surface area contributed by atoms with Crippen molar-refractivity contribution in [2.45, 2.75) is 6.42 Å². The van der Waals surface area contributed by atoms with Crippen molar-refractivity contribution in [2.75, 3.05) is 55.4 Å². The molecule has 1 aliphatic rings. The lowest BCUT2D eigenvalue weighted by atomic mass is 10.1. The summed E-state index contributed by atoms with van der Waals surface area (Å²) in [6, 6.07) is 10.7. The van der Waals surface area contributed by atoms with Gasteiger partial charge in [-0.3, -0.25) is 0 Å². The van der Waals surface area contributed by atoms with Gasteiger partial charge in [-0.25, -0.2) is 14.8 Å². The number of hydrogen-bond acceptors (Lipinski definition) is 10. The number of aromatic hydroxyl groups is 1. The number of aromatic nitrogens is 4. The van der Waals surface area contributed by atoms with E-state index < -0.39 is 6.09 Å². The number of nitrogens with two attached hydrogens (primary N) is 1. The summed E-state index contributed by atoms with van der Waals surface area (Å²) >= 11 is 0. The highest BCUT2D eigenvalue weighted by atomic mass is 16.5. The Hall–Kier alpha value is -4.59. The number of amides is 1. The number of rotatable bonds is 4. The van der Waals surface area contributed by atoms with E-state index in [1.165, 1.54) is 7.11 Å². The molecule has 0 spiro atoms. The van der Waals surface area contributed by atoms with Gasteiger partial charge in [-0.1, -0.05) is 18.1 Å². The van der Waals surface area contributed by atoms with Gasteiger partial charge in [0, 0.05) is 37.9 Å². The normalized spacial score (nSPS) is 13.4. The molecule has 0 atom stereocenters. The Morgan fingerprint density at radius 2 is 1.97 bits per heavy atom. The molecule has 4 N–H and O–H groups in total. The molecule has 0 unspecified atom stereocenters. The summed E-state index contributed by atoms with van der Waals surface area (Å²) in [5.41, 5.74) is 8.13. The number of hydrogen-bond donors (Lipinski definition) is 3. The molecule has 4 rings (SSSR count). The Labute approximate surface area is 203 Å². The summed E-state index contributed by atoms with van der Waals surface area (Å²) in [7, 11) is 1.30. The van der Waals surface area contributed by atoms with E-state index in [0.717, 1.165) is 31.0 Å². The summed E-state index contributed by atoms with van der Waals surface area (Å²) in [6.45, 7) is 3.13. The minimum absolute atomic E-state index is 0.142. The summed E-state index contributed by atoms with van der Waals surface area (Å²) in [4.78, 5) is 24.2. The van der Waals surface area contributed by atoms with Crippen molar-refractivity contribution in [3.8, 4) is 28.8 Å². The van der Waals surface area contributed by atoms with Crippen LogP contribution in [0.2, 0.25) is 0 Å². The first-order valence-corrected chi connectivity index (χ1v) is 11.1. The molecule has 180 valence electrons. The zero-order chi connectivity index (χ0) is 24.6. The largest absolute Gasteiger partial charge is 0.507 e. The van der Waals surface area contributed by atoms with Gasteiger partial charge in [-0.2, -0.15) is 0 Å². The fraction of sp³-hybridized carbons (Fsp3) is 0.292. The van der Waals surface area contributed by atoms with Crippen LogP contribution in [0, 0.1) is 11.8 Å². The van der Waals surface area contributed by atoms with E-state index in [2.05, 4.69) is 51.9 Å². The number of anilines is 3. The number of nitrogens with zero attached hydrogens (tertiary/aromatic N) is 6. The quantitative estimate of drug-likeness (QED) is 0.478. The van der Waals surface area contributed by atoms with Crippen LogP contribution in [0.1, 0.15) is 12.2 Å². The maximum atomic E-state index is 11.1. The Kier molecular flexibility index (Phi) is 7.42. The average Bonchev–Trinajstić information content (AvgIpc) is 3.14. The van der Waals surface area contributed by atoms with Crippen LogP contribution in [0.4, 0.5) is 22.1 Å². The van der Waals surface area contributed by atoms with Crippen molar-refractivity contribution in [3.05, 3.63) is 48.4 Å². The molecule has 35 heavy (non-hydrogen) atoms. The molecular weight excluding hydrogens is 448 g/mol. The molecule has 0 aliphatic carbocycles. The molecule has 0 radical (unpaired) electrons. The van der Waals surface area contributed by atoms with Gasteiger partial charge >= 0.3 is 6.09 Å². The SMILES string of the molecule is COC(=O)NCC#Cc1nccc(N2CCCN(c3cc(-c4ccccc4O)nnc3N)CC2)n1. The second kappa shape index (κ2) is 11.0. The van der Waals surface area contributed by atoms with Crippen LogP contribution in [0.25, 0.3) is 11.3 Å². The molecule has 0 saturated carbocycles. The fourth-order valence-corrected chi connectivity index (χ4v) is 3.75. The molecule has 3 heterocycles. The molecule has 11 heteroatoms. The van der Waals surface area contributed by atoms with E-state index in [0.29, 0.717) is 36.0 Å². The maximum absolute atomic E-state index is 11.1. The number of phenolic OH excluding ortho intramolecular Hbond substituents is 1. The van der Waals surface area contributed by atoms with Crippen LogP contribution in [0.5, 0.6) is 5.75 Å². The molecule has 1 aliphatic heterocycles. The smallest absolute Gasteiger partial charge is 0.407 e. The fourth-order valence-electron chi connectivity index (χ4n) is 3.75. The highest BCUT2D eigenvalue weighted by Gasteiger charge is 2.20. The summed E-state index contributed by atoms with van der Waals surface area (Å²) < 4.78 is 4.51. The number of nitrogens with one attached hydrogen (secondary N) is 1. The zero-order valence-electron chi connectivity index (χ0n) is 19.3. The molecular formula is C24H26N8O3. The Morgan fingerprint density at radius 1 is 1.17 bits per heavy atom. The van der Waals surface area contributed by atoms with Crippen molar-refractivity contribution in [1.29, 1.82) is 0 Å². The van der Waals surface area contributed by atoms with E-state index in [9.17, 15) is 9.90 Å². The minimum Gasteiger partial charge on any atom is -0.507 e. The number of carbonyl (C=O) groups is 1. The van der Waals surface area contributed by atoms with Gasteiger partial charge < -0.3 is 30.7 Å². The first kappa shape index (κ1) is 23.6. The number of nitrogen functional groups attached to an aromatic ring is 1. The third-order valence-corrected chi connectivity index (χ3v) is 5.49. The highest BCUT2D eigenvalue weighted by Crippen LogP contribution is 2.31. The number of para-hydroxylation sites is 1. The maximum Gasteiger partial charge on any atom is 0.407 e. The number of alkyl carbamates (subject to hydrolysis) is 1. The molecule has 3 aromatic rings. The molecule has 1 saturated heterocycles. The number of benzene rings is 1. The van der Waals surface area contributed by atoms with Gasteiger partial charge in [0.25, 0.3) is 0 Å². The molecule has 1 aromatic carbocycles. The van der Waals surface area contributed by atoms with Crippen LogP contribution in [0.15, 0.2) is 42.6 Å². The number of methoxy groups -OCH3 is 1. The lowest BCUT2D eigenvalue weighted by Crippen LogP contribution is -2.31. The second-order valence-corrected chi connectivity index (χ2v) is 7.73. The van der Waals surface area contributed by atoms with Crippen LogP contribution in [0.3, 0.4) is 0 Å². The first-order chi connectivity index (χ1) is 17.0. The van der Waals surface area contributed by atoms with Crippen LogP contribution in [-0.2, 0) is 4.74 Å². The summed E-state index contributed by atoms with van der Waals surface area (Å²) in [6.07, 6.45) is 2.01. The van der Waals surface area contributed by atoms with Crippen LogP contribution >= 0.6 is 0 Å². The van der Waals surface area contributed by atoms with Gasteiger partial charge in [0.15, 0.2) is 5.82 Å². The van der Waals surface area contributed by atoms with Crippen molar-refractivity contribution in [3.63, 3.8) is 0 Å². The number of ether oxygens (including phenoxy) is 1. The van der Waals surface area contributed by atoms with E-state index >= 15 is 0 Å². The number of phenols is 1. The van der Waals surface area contributed by atoms with Crippen molar-refractivity contribution < 1.29 is 14.6 Å². The summed E-state index contributed by atoms with van der Waals surface area (Å²) in [5, 5.41) is 21.0. The van der Waals surface area contributed by atoms with Gasteiger partial charge in [0.2, 0.25) is 5.82 Å². The Balaban J connectivity index is 1.46. The molecule has 1 amide bonds. The lowest BCUT2D eigenvalue weighted by Gasteiger charge is -2.25. The lowest BCUT2D eigenvalue weighted by molar-refractivity contribution is 0.172. The van der Waals surface area contributed by atoms with Crippen LogP contribution < -0.4 is 20.9 Å². The Morgan fingerprint density at radius 3 is 2.80 bits per heavy atom. The van der Waals surface area contributed by atoms with Crippen LogP contribution in [-0.4, -0.2) is 71.2 Å². The minimum atomic E-state index is -0.541. The third-order valence-electron chi connectivity index (χ3n) is 5.49. The average molecular weight is 475 g/mol. The highest BCUT2D eigenvalue weighted by molar-refractivity contribution is 5.74. The van der Waals surface area contributed by atoms with E-state index in [4.69, 9.17) is 5.73 Å². The monoisotopic (exact) mass is 474 g/mol. The van der Waals surface area contributed by atoms with Gasteiger partial charge in [-0.05, 0) is 36.6 Å². The summed E-state index contributed by atoms with van der Waals surface area (Å²) in [5.74, 6) is 7.31. The van der Waals surface area contributed by atoms with Gasteiger partial charge in [0.1, 0.15) is 11.6 Å². The predicted molar refractivity (Wildman–Crippen MR) is 132 cm³/mol. The second-order valence-electron chi connectivity index (χ2n) is 7.73. The molecule has 0 bridgehead atoms. The number of carbonyl (C=O) groups excluding carboxylic acids is 1. The standard InChI is InChI=1S/C24H26N8O3/c1-35-24(34)27-10-4-8-21-26-11-9-22(28-21)32-13-5-12-31(14-15-32)19-16-18(29-30-23(19)25)17-6-2-3-7-20(17)33/h2-3,6-7,9,11,16,33H,5,10,12-15H2,1H3,(H2,25,30)(H,27,34). The predicted octanol–water partition coefficient (Wildman–Crippen LogP) is 1.65. The van der Waals surface area contributed by atoms with Crippen molar-refractivity contribution in [2.24, 2.45) is 0 Å². The van der Waals surface area contributed by atoms with Crippen molar-refractivity contribution in [1.82, 2.24) is 25.5 Å². The first-order valence-electron chi connectivity index (χ1n) is 11.1. The van der Waals surface area contributed by atoms with E-state index in [1.54, 1.807) is 24.4 Å². The topological polar surface area (TPSA) is 143 Å². The van der Waals surface area contributed by atoms with E-state index in [1.807, 2.05) is 18.2 Å². The molecule has 1 fully saturated rings. The van der Waals surface area contributed by atoms with Gasteiger partial charge in [0.05, 0.1) is 25.0 Å². The van der Waals surface area contributed by atoms with E-state index in [-0.39, 0.29) is 12.3 Å².